The van der Waals surface area contributed by atoms with E-state index in [1.165, 1.54) is 0 Å². The van der Waals surface area contributed by atoms with Crippen molar-refractivity contribution in [2.75, 3.05) is 0 Å². The quantitative estimate of drug-likeness (QED) is 0.739. The molecular weight excluding hydrogens is 231 g/mol. The van der Waals surface area contributed by atoms with Crippen LogP contribution in [0.2, 0.25) is 0 Å². The van der Waals surface area contributed by atoms with Crippen molar-refractivity contribution in [1.29, 1.82) is 0 Å². The molecule has 2 aromatic rings. The molecule has 2 aromatic carbocycles. The Kier molecular flexibility index (Phi) is 4.28. The van der Waals surface area contributed by atoms with E-state index in [1.807, 2.05) is 60.7 Å². The first kappa shape index (κ1) is 11.7. The summed E-state index contributed by atoms with van der Waals surface area (Å²) >= 11 is 0. The molecule has 0 spiro atoms. The summed E-state index contributed by atoms with van der Waals surface area (Å²) < 4.78 is 0. The van der Waals surface area contributed by atoms with E-state index in [9.17, 15) is 4.79 Å². The van der Waals surface area contributed by atoms with Crippen molar-refractivity contribution in [1.82, 2.24) is 0 Å². The van der Waals surface area contributed by atoms with E-state index in [2.05, 4.69) is 0 Å². The zero-order valence-electron chi connectivity index (χ0n) is 8.02. The Balaban J connectivity index is 0.00000112. The Bertz CT molecular complexity index is 381. The number of hydrogen-bond donors (Lipinski definition) is 0. The van der Waals surface area contributed by atoms with Crippen molar-refractivity contribution < 1.29 is 21.6 Å². The van der Waals surface area contributed by atoms with E-state index in [0.29, 0.717) is 0 Å². The van der Waals surface area contributed by atoms with Gasteiger partial charge in [-0.3, -0.25) is 4.79 Å². The summed E-state index contributed by atoms with van der Waals surface area (Å²) in [6, 6.07) is 18.6. The standard InChI is InChI=1S/C13H10O.Co/c14-13(11-7-3-1-4-8-11)12-9-5-2-6-10-12;/h1-10H;. The van der Waals surface area contributed by atoms with Crippen LogP contribution in [0.1, 0.15) is 15.9 Å². The average molecular weight is 241 g/mol. The van der Waals surface area contributed by atoms with E-state index >= 15 is 0 Å². The van der Waals surface area contributed by atoms with Gasteiger partial charge < -0.3 is 0 Å². The molecule has 0 N–H and O–H groups in total. The number of carbonyl (C=O) groups excluding carboxylic acids is 1. The smallest absolute Gasteiger partial charge is 0.193 e. The third kappa shape index (κ3) is 2.78. The first-order valence-electron chi connectivity index (χ1n) is 4.53. The molecule has 0 bridgehead atoms. The van der Waals surface area contributed by atoms with Gasteiger partial charge in [-0.2, -0.15) is 0 Å². The van der Waals surface area contributed by atoms with Gasteiger partial charge in [-0.25, -0.2) is 0 Å². The van der Waals surface area contributed by atoms with Crippen LogP contribution in [-0.2, 0) is 16.8 Å². The minimum Gasteiger partial charge on any atom is -0.289 e. The molecule has 0 aliphatic carbocycles. The second kappa shape index (κ2) is 5.49. The van der Waals surface area contributed by atoms with Crippen LogP contribution in [0.15, 0.2) is 60.7 Å². The zero-order valence-corrected chi connectivity index (χ0v) is 9.06. The number of carbonyl (C=O) groups is 1. The van der Waals surface area contributed by atoms with Crippen LogP contribution in [0.5, 0.6) is 0 Å². The molecule has 0 fully saturated rings. The summed E-state index contributed by atoms with van der Waals surface area (Å²) in [6.07, 6.45) is 0. The molecule has 1 radical (unpaired) electrons. The van der Waals surface area contributed by atoms with Crippen LogP contribution in [0.4, 0.5) is 0 Å². The Morgan fingerprint density at radius 1 is 0.667 bits per heavy atom. The largest absolute Gasteiger partial charge is 0.289 e. The van der Waals surface area contributed by atoms with Gasteiger partial charge in [0.15, 0.2) is 5.78 Å². The predicted octanol–water partition coefficient (Wildman–Crippen LogP) is 2.92. The Labute approximate surface area is 99.3 Å². The predicted molar refractivity (Wildman–Crippen MR) is 56.3 cm³/mol. The van der Waals surface area contributed by atoms with Crippen molar-refractivity contribution in [2.45, 2.75) is 0 Å². The van der Waals surface area contributed by atoms with Gasteiger partial charge >= 0.3 is 0 Å². The van der Waals surface area contributed by atoms with Gasteiger partial charge in [-0.15, -0.1) is 0 Å². The van der Waals surface area contributed by atoms with Gasteiger partial charge in [0, 0.05) is 27.9 Å². The first-order valence-corrected chi connectivity index (χ1v) is 4.53. The monoisotopic (exact) mass is 241 g/mol. The Morgan fingerprint density at radius 3 is 1.33 bits per heavy atom. The molecule has 2 heteroatoms. The topological polar surface area (TPSA) is 17.1 Å². The minimum atomic E-state index is 0. The second-order valence-corrected chi connectivity index (χ2v) is 3.06. The van der Waals surface area contributed by atoms with Crippen LogP contribution in [-0.4, -0.2) is 5.78 Å². The molecule has 0 atom stereocenters. The summed E-state index contributed by atoms with van der Waals surface area (Å²) in [6.45, 7) is 0. The molecule has 0 amide bonds. The molecule has 0 saturated carbocycles. The molecule has 1 nitrogen and oxygen atoms in total. The molecule has 2 rings (SSSR count). The van der Waals surface area contributed by atoms with Gasteiger partial charge in [0.05, 0.1) is 0 Å². The Hall–Kier alpha value is -1.38. The molecule has 77 valence electrons. The van der Waals surface area contributed by atoms with E-state index in [0.717, 1.165) is 11.1 Å². The fourth-order valence-corrected chi connectivity index (χ4v) is 1.35. The maximum Gasteiger partial charge on any atom is 0.193 e. The number of ketones is 1. The second-order valence-electron chi connectivity index (χ2n) is 3.06. The van der Waals surface area contributed by atoms with Gasteiger partial charge in [0.2, 0.25) is 0 Å². The van der Waals surface area contributed by atoms with Crippen molar-refractivity contribution in [2.24, 2.45) is 0 Å². The van der Waals surface area contributed by atoms with Crippen molar-refractivity contribution >= 4 is 5.78 Å². The van der Waals surface area contributed by atoms with E-state index in [4.69, 9.17) is 0 Å². The van der Waals surface area contributed by atoms with E-state index in [-0.39, 0.29) is 22.6 Å². The molecule has 0 aromatic heterocycles. The van der Waals surface area contributed by atoms with Crippen molar-refractivity contribution in [3.05, 3.63) is 71.8 Å². The third-order valence-electron chi connectivity index (χ3n) is 2.07. The maximum atomic E-state index is 11.8. The summed E-state index contributed by atoms with van der Waals surface area (Å²) in [5.41, 5.74) is 1.47. The van der Waals surface area contributed by atoms with Gasteiger partial charge in [0.25, 0.3) is 0 Å². The summed E-state index contributed by atoms with van der Waals surface area (Å²) in [7, 11) is 0. The van der Waals surface area contributed by atoms with Crippen LogP contribution in [0, 0.1) is 0 Å². The van der Waals surface area contributed by atoms with E-state index in [1.54, 1.807) is 0 Å². The molecule has 0 unspecified atom stereocenters. The maximum absolute atomic E-state index is 11.8. The fraction of sp³-hybridized carbons (Fsp3) is 0. The van der Waals surface area contributed by atoms with Crippen LogP contribution < -0.4 is 0 Å². The van der Waals surface area contributed by atoms with Crippen LogP contribution >= 0.6 is 0 Å². The molecule has 0 saturated heterocycles. The van der Waals surface area contributed by atoms with Crippen molar-refractivity contribution in [3.8, 4) is 0 Å². The van der Waals surface area contributed by atoms with E-state index < -0.39 is 0 Å². The molecule has 0 aliphatic heterocycles. The number of benzene rings is 2. The fourth-order valence-electron chi connectivity index (χ4n) is 1.35. The SMILES string of the molecule is O=C(c1ccccc1)c1ccccc1.[Co]. The number of rotatable bonds is 2. The summed E-state index contributed by atoms with van der Waals surface area (Å²) in [5.74, 6) is 0.0752. The molecule has 0 aliphatic rings. The van der Waals surface area contributed by atoms with Gasteiger partial charge in [-0.1, -0.05) is 60.7 Å². The molecule has 0 heterocycles. The van der Waals surface area contributed by atoms with Crippen LogP contribution in [0.25, 0.3) is 0 Å². The molecular formula is C13H10CoO. The molecule has 15 heavy (non-hydrogen) atoms. The number of hydrogen-bond acceptors (Lipinski definition) is 1. The van der Waals surface area contributed by atoms with Crippen molar-refractivity contribution in [3.63, 3.8) is 0 Å². The average Bonchev–Trinajstić information content (AvgIpc) is 2.30. The van der Waals surface area contributed by atoms with Crippen LogP contribution in [0.3, 0.4) is 0 Å². The Morgan fingerprint density at radius 2 is 1.00 bits per heavy atom. The minimum absolute atomic E-state index is 0. The third-order valence-corrected chi connectivity index (χ3v) is 2.07. The van der Waals surface area contributed by atoms with Gasteiger partial charge in [-0.05, 0) is 0 Å². The zero-order chi connectivity index (χ0) is 9.80. The van der Waals surface area contributed by atoms with Gasteiger partial charge in [0.1, 0.15) is 0 Å². The summed E-state index contributed by atoms with van der Waals surface area (Å²) in [5, 5.41) is 0. The summed E-state index contributed by atoms with van der Waals surface area (Å²) in [4.78, 5) is 11.8. The normalized spacial score (nSPS) is 9.07. The first-order chi connectivity index (χ1) is 6.88.